The molecule has 1 aliphatic rings. The van der Waals surface area contributed by atoms with Gasteiger partial charge >= 0.3 is 5.97 Å². The average molecular weight is 379 g/mol. The van der Waals surface area contributed by atoms with Gasteiger partial charge in [0.05, 0.1) is 13.2 Å². The van der Waals surface area contributed by atoms with E-state index in [1.807, 2.05) is 42.5 Å². The molecule has 0 aromatic heterocycles. The molecule has 0 radical (unpaired) electrons. The van der Waals surface area contributed by atoms with E-state index in [2.05, 4.69) is 11.4 Å². The van der Waals surface area contributed by atoms with Crippen LogP contribution in [0.2, 0.25) is 0 Å². The Balaban J connectivity index is 1.54. The second-order valence-electron chi connectivity index (χ2n) is 6.84. The summed E-state index contributed by atoms with van der Waals surface area (Å²) in [6.07, 6.45) is 5.05. The van der Waals surface area contributed by atoms with E-state index in [0.29, 0.717) is 0 Å². The van der Waals surface area contributed by atoms with E-state index in [0.717, 1.165) is 36.1 Å². The van der Waals surface area contributed by atoms with Gasteiger partial charge in [-0.1, -0.05) is 36.4 Å². The molecule has 2 aromatic carbocycles. The van der Waals surface area contributed by atoms with Gasteiger partial charge < -0.3 is 14.8 Å². The van der Waals surface area contributed by atoms with E-state index in [1.54, 1.807) is 20.1 Å². The number of nitrogens with one attached hydrogen (secondary N) is 1. The summed E-state index contributed by atoms with van der Waals surface area (Å²) in [5, 5.41) is 3.01. The van der Waals surface area contributed by atoms with E-state index in [9.17, 15) is 9.59 Å². The zero-order chi connectivity index (χ0) is 19.9. The maximum Gasteiger partial charge on any atom is 0.331 e. The normalized spacial score (nSPS) is 16.9. The minimum Gasteiger partial charge on any atom is -0.497 e. The average Bonchev–Trinajstić information content (AvgIpc) is 2.73. The second-order valence-corrected chi connectivity index (χ2v) is 6.84. The minimum absolute atomic E-state index is 0.0338. The van der Waals surface area contributed by atoms with E-state index < -0.39 is 12.1 Å². The molecule has 1 aliphatic carbocycles. The van der Waals surface area contributed by atoms with Crippen molar-refractivity contribution < 1.29 is 19.1 Å². The molecule has 0 fully saturated rings. The first-order valence-corrected chi connectivity index (χ1v) is 9.48. The fraction of sp³-hybridized carbons (Fsp3) is 0.304. The predicted molar refractivity (Wildman–Crippen MR) is 108 cm³/mol. The molecule has 2 atom stereocenters. The molecule has 0 spiro atoms. The van der Waals surface area contributed by atoms with Crippen LogP contribution in [0.5, 0.6) is 5.75 Å². The molecule has 0 heterocycles. The minimum atomic E-state index is -0.859. The number of hydrogen-bond donors (Lipinski definition) is 1. The van der Waals surface area contributed by atoms with Crippen LogP contribution < -0.4 is 10.1 Å². The number of carbonyl (C=O) groups excluding carboxylic acids is 2. The van der Waals surface area contributed by atoms with Gasteiger partial charge in [0, 0.05) is 6.08 Å². The lowest BCUT2D eigenvalue weighted by molar-refractivity contribution is -0.150. The summed E-state index contributed by atoms with van der Waals surface area (Å²) >= 11 is 0. The molecule has 5 nitrogen and oxygen atoms in total. The van der Waals surface area contributed by atoms with Gasteiger partial charge in [-0.25, -0.2) is 4.79 Å². The summed E-state index contributed by atoms with van der Waals surface area (Å²) in [7, 11) is 1.60. The first-order valence-electron chi connectivity index (χ1n) is 9.48. The molecule has 3 rings (SSSR count). The summed E-state index contributed by atoms with van der Waals surface area (Å²) in [6.45, 7) is 1.59. The van der Waals surface area contributed by atoms with Crippen LogP contribution in [-0.2, 0) is 20.7 Å². The van der Waals surface area contributed by atoms with Gasteiger partial charge in [-0.05, 0) is 61.1 Å². The van der Waals surface area contributed by atoms with E-state index in [-0.39, 0.29) is 11.9 Å². The van der Waals surface area contributed by atoms with Crippen molar-refractivity contribution in [2.45, 2.75) is 38.3 Å². The molecule has 28 heavy (non-hydrogen) atoms. The number of hydrogen-bond acceptors (Lipinski definition) is 4. The molecule has 1 amide bonds. The van der Waals surface area contributed by atoms with Crippen molar-refractivity contribution in [2.24, 2.45) is 0 Å². The van der Waals surface area contributed by atoms with Crippen LogP contribution in [0.4, 0.5) is 0 Å². The Hall–Kier alpha value is -3.08. The fourth-order valence-corrected chi connectivity index (χ4v) is 3.34. The van der Waals surface area contributed by atoms with Crippen molar-refractivity contribution in [3.63, 3.8) is 0 Å². The summed E-state index contributed by atoms with van der Waals surface area (Å²) in [6, 6.07) is 15.4. The van der Waals surface area contributed by atoms with Crippen LogP contribution in [0.3, 0.4) is 0 Å². The lowest BCUT2D eigenvalue weighted by Crippen LogP contribution is -2.39. The third kappa shape index (κ3) is 5.00. The Morgan fingerprint density at radius 1 is 1.14 bits per heavy atom. The van der Waals surface area contributed by atoms with Crippen LogP contribution >= 0.6 is 0 Å². The zero-order valence-electron chi connectivity index (χ0n) is 16.2. The first-order chi connectivity index (χ1) is 13.6. The molecule has 146 valence electrons. The molecule has 2 aromatic rings. The number of rotatable bonds is 6. The van der Waals surface area contributed by atoms with E-state index in [4.69, 9.17) is 9.47 Å². The summed E-state index contributed by atoms with van der Waals surface area (Å²) in [5.41, 5.74) is 3.26. The number of methoxy groups -OCH3 is 1. The van der Waals surface area contributed by atoms with Gasteiger partial charge in [-0.2, -0.15) is 0 Å². The number of ether oxygens (including phenoxy) is 2. The lowest BCUT2D eigenvalue weighted by atomic mass is 9.87. The fourth-order valence-electron chi connectivity index (χ4n) is 3.34. The van der Waals surface area contributed by atoms with Crippen LogP contribution in [0.1, 0.15) is 42.5 Å². The molecule has 0 unspecified atom stereocenters. The van der Waals surface area contributed by atoms with Crippen LogP contribution in [0, 0.1) is 0 Å². The van der Waals surface area contributed by atoms with Crippen molar-refractivity contribution in [3.05, 3.63) is 71.3 Å². The van der Waals surface area contributed by atoms with Gasteiger partial charge in [-0.3, -0.25) is 4.79 Å². The maximum atomic E-state index is 12.5. The van der Waals surface area contributed by atoms with Crippen molar-refractivity contribution in [1.29, 1.82) is 0 Å². The largest absolute Gasteiger partial charge is 0.497 e. The summed E-state index contributed by atoms with van der Waals surface area (Å²) < 4.78 is 10.3. The van der Waals surface area contributed by atoms with Crippen molar-refractivity contribution in [1.82, 2.24) is 5.32 Å². The molecular formula is C23H25NO4. The van der Waals surface area contributed by atoms with Gasteiger partial charge in [0.25, 0.3) is 5.91 Å². The highest BCUT2D eigenvalue weighted by Gasteiger charge is 2.24. The van der Waals surface area contributed by atoms with Gasteiger partial charge in [0.2, 0.25) is 0 Å². The van der Waals surface area contributed by atoms with Gasteiger partial charge in [-0.15, -0.1) is 0 Å². The van der Waals surface area contributed by atoms with Crippen molar-refractivity contribution >= 4 is 18.0 Å². The Labute approximate surface area is 165 Å². The highest BCUT2D eigenvalue weighted by Crippen LogP contribution is 2.29. The molecule has 1 N–H and O–H groups in total. The standard InChI is InChI=1S/C23H25NO4/c1-16(28-22(25)15-12-17-10-13-19(27-2)14-11-17)23(26)24-21-9-5-7-18-6-3-4-8-20(18)21/h3-4,6,8,10-16,21H,5,7,9H2,1-2H3,(H,24,26)/b15-12+/t16-,21-/m1/s1. The molecule has 0 bridgehead atoms. The third-order valence-corrected chi connectivity index (χ3v) is 4.88. The zero-order valence-corrected chi connectivity index (χ0v) is 16.2. The Bertz CT molecular complexity index is 857. The highest BCUT2D eigenvalue weighted by molar-refractivity contribution is 5.90. The first kappa shape index (κ1) is 19.7. The number of esters is 1. The Kier molecular flexibility index (Phi) is 6.48. The van der Waals surface area contributed by atoms with E-state index in [1.165, 1.54) is 11.6 Å². The monoisotopic (exact) mass is 379 g/mol. The molecular weight excluding hydrogens is 354 g/mol. The van der Waals surface area contributed by atoms with Crippen LogP contribution in [0.25, 0.3) is 6.08 Å². The predicted octanol–water partition coefficient (Wildman–Crippen LogP) is 3.83. The van der Waals surface area contributed by atoms with Gasteiger partial charge in [0.15, 0.2) is 6.10 Å². The SMILES string of the molecule is COc1ccc(/C=C/C(=O)O[C@H](C)C(=O)N[C@@H]2CCCc3ccccc32)cc1. The Morgan fingerprint density at radius 3 is 2.64 bits per heavy atom. The smallest absolute Gasteiger partial charge is 0.331 e. The molecule has 0 aliphatic heterocycles. The topological polar surface area (TPSA) is 64.6 Å². The Morgan fingerprint density at radius 2 is 1.89 bits per heavy atom. The molecule has 0 saturated carbocycles. The number of carbonyl (C=O) groups is 2. The number of benzene rings is 2. The second kappa shape index (κ2) is 9.22. The van der Waals surface area contributed by atoms with Crippen LogP contribution in [0.15, 0.2) is 54.6 Å². The summed E-state index contributed by atoms with van der Waals surface area (Å²) in [4.78, 5) is 24.5. The van der Waals surface area contributed by atoms with Crippen molar-refractivity contribution in [3.8, 4) is 5.75 Å². The molecule has 0 saturated heterocycles. The molecule has 5 heteroatoms. The van der Waals surface area contributed by atoms with E-state index >= 15 is 0 Å². The number of aryl methyl sites for hydroxylation is 1. The van der Waals surface area contributed by atoms with Gasteiger partial charge in [0.1, 0.15) is 5.75 Å². The summed E-state index contributed by atoms with van der Waals surface area (Å²) in [5.74, 6) is -0.0929. The number of fused-ring (bicyclic) bond motifs is 1. The van der Waals surface area contributed by atoms with Crippen molar-refractivity contribution in [2.75, 3.05) is 7.11 Å². The highest BCUT2D eigenvalue weighted by atomic mass is 16.5. The quantitative estimate of drug-likeness (QED) is 0.612. The van der Waals surface area contributed by atoms with Crippen LogP contribution in [-0.4, -0.2) is 25.1 Å². The lowest BCUT2D eigenvalue weighted by Gasteiger charge is -2.27. The third-order valence-electron chi connectivity index (χ3n) is 4.88. The number of amides is 1. The maximum absolute atomic E-state index is 12.5.